The van der Waals surface area contributed by atoms with Crippen molar-refractivity contribution < 1.29 is 65.4 Å². The molecule has 1 aromatic heterocycles. The second kappa shape index (κ2) is 43.1. The molecule has 1 amide bonds. The third kappa shape index (κ3) is 22.7. The Morgan fingerprint density at radius 3 is 1.53 bits per heavy atom. The van der Waals surface area contributed by atoms with Crippen molar-refractivity contribution in [2.45, 2.75) is 203 Å². The van der Waals surface area contributed by atoms with Crippen molar-refractivity contribution in [1.29, 1.82) is 0 Å². The molecule has 5 aromatic carbocycles. The van der Waals surface area contributed by atoms with Crippen LogP contribution in [0.1, 0.15) is 224 Å². The molecule has 6 aliphatic heterocycles. The number of aromatic amines is 1. The number of aliphatic imine (C=N–C) groups is 9. The van der Waals surface area contributed by atoms with E-state index >= 15 is 0 Å². The summed E-state index contributed by atoms with van der Waals surface area (Å²) < 4.78 is 24.7. The number of carbonyl (C=O) groups is 4. The zero-order chi connectivity index (χ0) is 85.7. The van der Waals surface area contributed by atoms with Gasteiger partial charge in [-0.2, -0.15) is 5.10 Å². The number of amidine groups is 9. The zero-order valence-electron chi connectivity index (χ0n) is 71.8. The van der Waals surface area contributed by atoms with Crippen molar-refractivity contribution in [3.63, 3.8) is 0 Å². The number of anilines is 1. The Hall–Kier alpha value is -10.8. The third-order valence-corrected chi connectivity index (χ3v) is 23.9. The number of aliphatic hydroxyl groups is 1. The van der Waals surface area contributed by atoms with Crippen molar-refractivity contribution in [3.05, 3.63) is 208 Å². The summed E-state index contributed by atoms with van der Waals surface area (Å²) in [5.41, 5.74) is 6.87. The van der Waals surface area contributed by atoms with Crippen LogP contribution < -0.4 is 9.64 Å². The summed E-state index contributed by atoms with van der Waals surface area (Å²) in [6.07, 6.45) is 30.9. The molecular formula is C95H116CuN14O10S. The van der Waals surface area contributed by atoms with E-state index in [0.717, 1.165) is 145 Å². The van der Waals surface area contributed by atoms with Crippen LogP contribution in [0.4, 0.5) is 5.69 Å². The van der Waals surface area contributed by atoms with E-state index in [0.29, 0.717) is 82.7 Å². The molecule has 7 heterocycles. The number of ether oxygens (including phenoxy) is 4. The Bertz CT molecular complexity index is 5150. The standard InChI is InChI=1S/C32H18N8.C27H39N3O3.C12H22O3.C9H9N3S.C9H16O2.C6H12O2.Cu/c1-2-10-18-17(9-1)25-33-26(18)38-28-21-13-5-6-14-22(21)30(35-28)40-32-24-16-8-7-15-23(24)31(36-32)39-29-20-12-4-3-11-19(20)27(34-29)37-25;1-4-29(5-2)23-17-16-20(24(19-23)32-3)18-25-26(31)30(22-14-10-7-11-15-22)27(33-25)28-21-12-8-6-9-13-21;1-3-12(2,9-13)11(14)15-10-7-5-4-6-8-10;1-12-8(10-11-9(12)13)7-5-3-2-4-6-7;1-5-7-11-8(10)9(3,4)6-2;1-4-6(2,3)5(7)8;/h1-18H;16-19,21-22H,4-15H2,1-3H3;10,13H,3-9H2,1-2H3;2-6H,1H3,(H,11,13);5H,1,6-7H2,2-4H3;4H2,1-3H3,(H,7,8);/b;25-18+,28-27?;;;;;. The normalized spacial score (nSPS) is 19.2. The summed E-state index contributed by atoms with van der Waals surface area (Å²) in [5, 5.41) is 24.5. The second-order valence-corrected chi connectivity index (χ2v) is 33.0. The van der Waals surface area contributed by atoms with Gasteiger partial charge >= 0.3 is 23.9 Å². The number of aliphatic carboxylic acids is 1. The summed E-state index contributed by atoms with van der Waals surface area (Å²) in [4.78, 5) is 95.4. The first-order chi connectivity index (χ1) is 57.9. The van der Waals surface area contributed by atoms with Gasteiger partial charge in [-0.3, -0.25) is 29.2 Å². The maximum Gasteiger partial charge on any atom is 0.314 e. The molecular weight excluding hydrogens is 1590 g/mol. The Balaban J connectivity index is 0.000000168. The minimum atomic E-state index is -0.722. The number of methoxy groups -OCH3 is 1. The number of H-pyrrole nitrogens is 1. The number of benzene rings is 5. The van der Waals surface area contributed by atoms with Gasteiger partial charge < -0.3 is 38.6 Å². The van der Waals surface area contributed by atoms with Crippen molar-refractivity contribution >= 4 is 101 Å². The second-order valence-electron chi connectivity index (χ2n) is 32.6. The van der Waals surface area contributed by atoms with E-state index in [1.807, 2.05) is 185 Å². The molecule has 4 aliphatic carbocycles. The minimum Gasteiger partial charge on any atom is -0.496 e. The van der Waals surface area contributed by atoms with Gasteiger partial charge in [0.15, 0.2) is 51.4 Å². The molecule has 6 aromatic rings. The molecule has 8 bridgehead atoms. The van der Waals surface area contributed by atoms with Gasteiger partial charge in [-0.1, -0.05) is 206 Å². The molecule has 16 rings (SSSR count). The van der Waals surface area contributed by atoms with Crippen LogP contribution in [0.15, 0.2) is 209 Å². The first-order valence-electron chi connectivity index (χ1n) is 42.5. The quantitative estimate of drug-likeness (QED) is 0.0237. The van der Waals surface area contributed by atoms with Gasteiger partial charge in [0, 0.05) is 99.5 Å². The number of aromatic nitrogens is 3. The van der Waals surface area contributed by atoms with E-state index in [1.165, 1.54) is 32.1 Å². The fourth-order valence-corrected chi connectivity index (χ4v) is 14.9. The van der Waals surface area contributed by atoms with E-state index < -0.39 is 16.8 Å². The summed E-state index contributed by atoms with van der Waals surface area (Å²) in [6, 6.07) is 41.0. The molecule has 10 aliphatic rings. The van der Waals surface area contributed by atoms with Crippen LogP contribution in [0, 0.1) is 32.9 Å². The van der Waals surface area contributed by atoms with Crippen molar-refractivity contribution in [2.24, 2.45) is 80.1 Å². The van der Waals surface area contributed by atoms with Crippen LogP contribution in [0.5, 0.6) is 5.75 Å². The number of fused-ring (bicyclic) bond motifs is 16. The van der Waals surface area contributed by atoms with Crippen molar-refractivity contribution in [2.75, 3.05) is 38.3 Å². The summed E-state index contributed by atoms with van der Waals surface area (Å²) in [7, 11) is 3.57. The molecule has 3 N–H and O–H groups in total. The van der Waals surface area contributed by atoms with Crippen molar-refractivity contribution in [3.8, 4) is 17.1 Å². The maximum atomic E-state index is 13.5. The number of aliphatic hydroxyl groups excluding tert-OH is 1. The fourth-order valence-electron chi connectivity index (χ4n) is 14.7. The minimum absolute atomic E-state index is 0. The Kier molecular flexibility index (Phi) is 33.0. The predicted octanol–water partition coefficient (Wildman–Crippen LogP) is 18.6. The topological polar surface area (TPSA) is 297 Å². The molecule has 1 saturated heterocycles. The van der Waals surface area contributed by atoms with Gasteiger partial charge in [-0.25, -0.2) is 44.9 Å². The Labute approximate surface area is 727 Å². The van der Waals surface area contributed by atoms with Gasteiger partial charge in [0.1, 0.15) is 30.1 Å². The molecule has 3 unspecified atom stereocenters. The number of nitrogens with zero attached hydrogens (tertiary/aromatic N) is 13. The number of esters is 2. The molecule has 3 saturated carbocycles. The van der Waals surface area contributed by atoms with E-state index in [2.05, 4.69) is 53.7 Å². The van der Waals surface area contributed by atoms with Gasteiger partial charge in [-0.05, 0) is 150 Å². The Morgan fingerprint density at radius 1 is 0.620 bits per heavy atom. The molecule has 643 valence electrons. The average Bonchev–Trinajstić information content (AvgIpc) is 1.60. The largest absolute Gasteiger partial charge is 0.496 e. The first-order valence-corrected chi connectivity index (χ1v) is 42.9. The van der Waals surface area contributed by atoms with Gasteiger partial charge in [0.05, 0.1) is 47.8 Å². The van der Waals surface area contributed by atoms with E-state index in [4.69, 9.17) is 81.2 Å². The molecule has 26 heteroatoms. The van der Waals surface area contributed by atoms with Crippen molar-refractivity contribution in [1.82, 2.24) is 19.7 Å². The number of allylic oxidation sites excluding steroid dienone is 2. The number of amides is 1. The van der Waals surface area contributed by atoms with Gasteiger partial charge in [0.2, 0.25) is 0 Å². The number of hydrogen-bond donors (Lipinski definition) is 3. The average molecular weight is 1710 g/mol. The van der Waals surface area contributed by atoms with Crippen LogP contribution in [0.2, 0.25) is 0 Å². The predicted molar refractivity (Wildman–Crippen MR) is 482 cm³/mol. The molecule has 4 fully saturated rings. The summed E-state index contributed by atoms with van der Waals surface area (Å²) in [6.45, 7) is 24.5. The smallest absolute Gasteiger partial charge is 0.314 e. The van der Waals surface area contributed by atoms with Crippen LogP contribution >= 0.6 is 12.2 Å². The first kappa shape index (κ1) is 92.5. The summed E-state index contributed by atoms with van der Waals surface area (Å²) in [5.74, 6) is 5.48. The van der Waals surface area contributed by atoms with Crippen LogP contribution in [0.3, 0.4) is 0 Å². The zero-order valence-corrected chi connectivity index (χ0v) is 73.6. The van der Waals surface area contributed by atoms with Gasteiger partial charge in [-0.15, -0.1) is 0 Å². The van der Waals surface area contributed by atoms with E-state index in [1.54, 1.807) is 34.0 Å². The maximum absolute atomic E-state index is 13.5. The van der Waals surface area contributed by atoms with Crippen LogP contribution in [0.25, 0.3) is 17.5 Å². The molecule has 1 radical (unpaired) electrons. The Morgan fingerprint density at radius 2 is 1.09 bits per heavy atom. The van der Waals surface area contributed by atoms with E-state index in [-0.39, 0.29) is 77.0 Å². The van der Waals surface area contributed by atoms with Gasteiger partial charge in [0.25, 0.3) is 5.91 Å². The number of carboxylic acid groups (broad SMARTS) is 1. The number of hydrogen-bond acceptors (Lipinski definition) is 21. The van der Waals surface area contributed by atoms with Crippen LogP contribution in [-0.4, -0.2) is 158 Å². The molecule has 0 spiro atoms. The number of rotatable bonds is 18. The number of carbonyl (C=O) groups excluding carboxylic acids is 3. The fraction of sp³-hybridized carbons (Fsp3) is 0.442. The molecule has 3 atom stereocenters. The monoisotopic (exact) mass is 1710 g/mol. The van der Waals surface area contributed by atoms with E-state index in [9.17, 15) is 24.3 Å². The third-order valence-electron chi connectivity index (χ3n) is 23.6. The number of carboxylic acids is 1. The molecule has 121 heavy (non-hydrogen) atoms. The SMILES string of the molecule is C1=CC2C3=NC4=NC(=NC5=NC(=NC6=NC(=NC(=N3)C2C=C1)c1ccccc16)c1ccccc15)c1ccccc14.C=CCOC(=O)C(C)(C)CC.CCC(C)(C)C(=O)O.CCC(C)(CO)C(=O)OC1CCCCC1.CCN(CC)c1ccc(/C=C2/OC(=NC3CCCCC3)N(C3CCCCC3)C2=O)c(OC)c1.Cn1c(-c2ccccc2)n[nH]c1=S.[Cu]. The molecule has 24 nitrogen and oxygen atoms in total. The number of nitrogens with one attached hydrogen (secondary N) is 1. The summed E-state index contributed by atoms with van der Waals surface area (Å²) >= 11 is 5.02. The van der Waals surface area contributed by atoms with Crippen LogP contribution in [-0.2, 0) is 57.5 Å².